The monoisotopic (exact) mass is 494 g/mol. The van der Waals surface area contributed by atoms with Crippen molar-refractivity contribution in [3.05, 3.63) is 28.8 Å². The Bertz CT molecular complexity index is 1100. The molecule has 1 fully saturated rings. The highest BCUT2D eigenvalue weighted by molar-refractivity contribution is 7.90. The first-order valence-electron chi connectivity index (χ1n) is 10.7. The zero-order valence-electron chi connectivity index (χ0n) is 18.7. The predicted molar refractivity (Wildman–Crippen MR) is 124 cm³/mol. The quantitative estimate of drug-likeness (QED) is 0.442. The number of carbonyl (C=O) groups is 3. The molecule has 3 rings (SSSR count). The lowest BCUT2D eigenvalue weighted by Crippen LogP contribution is -2.52. The van der Waals surface area contributed by atoms with Gasteiger partial charge in [0.1, 0.15) is 5.71 Å². The minimum atomic E-state index is -3.43. The molecule has 1 atom stereocenters. The SMILES string of the molecule is C[B]C(=O)C(=O)N[C@@H](C)CC1CCC2(CC1)OC(=O)NN=C2c1ccc(S(C)(=O)=O)cc1Cl. The lowest BCUT2D eigenvalue weighted by Gasteiger charge is -2.42. The van der Waals surface area contributed by atoms with Crippen LogP contribution in [0.15, 0.2) is 28.2 Å². The Kier molecular flexibility index (Phi) is 7.53. The summed E-state index contributed by atoms with van der Waals surface area (Å²) in [6, 6.07) is 4.21. The van der Waals surface area contributed by atoms with Gasteiger partial charge >= 0.3 is 6.09 Å². The highest BCUT2D eigenvalue weighted by Crippen LogP contribution is 2.41. The van der Waals surface area contributed by atoms with E-state index in [4.69, 9.17) is 16.3 Å². The first-order valence-corrected chi connectivity index (χ1v) is 12.9. The Hall–Kier alpha value is -2.40. The fraction of sp³-hybridized carbons (Fsp3) is 0.524. The van der Waals surface area contributed by atoms with E-state index in [0.29, 0.717) is 43.4 Å². The third-order valence-corrected chi connectivity index (χ3v) is 7.49. The molecule has 177 valence electrons. The number of sulfone groups is 1. The summed E-state index contributed by atoms with van der Waals surface area (Å²) in [5, 5.41) is 7.14. The third-order valence-electron chi connectivity index (χ3n) is 6.07. The van der Waals surface area contributed by atoms with Gasteiger partial charge in [-0.05, 0) is 57.1 Å². The summed E-state index contributed by atoms with van der Waals surface area (Å²) in [7, 11) is -2.20. The van der Waals surface area contributed by atoms with Crippen molar-refractivity contribution >= 4 is 52.1 Å². The fourth-order valence-corrected chi connectivity index (χ4v) is 5.36. The van der Waals surface area contributed by atoms with Crippen LogP contribution < -0.4 is 10.7 Å². The molecule has 1 aromatic rings. The first-order chi connectivity index (χ1) is 15.4. The second-order valence-electron chi connectivity index (χ2n) is 8.58. The second-order valence-corrected chi connectivity index (χ2v) is 11.0. The van der Waals surface area contributed by atoms with Crippen LogP contribution in [0, 0.1) is 5.92 Å². The standard InChI is InChI=1S/C21H26BClN3O6S/c1-12(24-19(28)18(27)22-2)10-13-6-8-21(9-7-13)17(25-26-20(29)32-21)15-5-4-14(11-16(15)23)33(3,30)31/h4-5,11-13H,6-10H2,1-3H3,(H,24,28)(H,26,29)/t12-,13?,21?/m0/s1. The van der Waals surface area contributed by atoms with E-state index in [1.165, 1.54) is 26.2 Å². The Morgan fingerprint density at radius 3 is 2.61 bits per heavy atom. The molecule has 12 heteroatoms. The molecule has 2 N–H and O–H groups in total. The summed E-state index contributed by atoms with van der Waals surface area (Å²) in [4.78, 5) is 35.4. The second kappa shape index (κ2) is 9.84. The normalized spacial score (nSPS) is 23.7. The molecule has 1 radical (unpaired) electrons. The van der Waals surface area contributed by atoms with E-state index >= 15 is 0 Å². The van der Waals surface area contributed by atoms with Crippen molar-refractivity contribution < 1.29 is 27.5 Å². The topological polar surface area (TPSA) is 131 Å². The lowest BCUT2D eigenvalue weighted by molar-refractivity contribution is -0.134. The van der Waals surface area contributed by atoms with Crippen molar-refractivity contribution in [2.24, 2.45) is 11.0 Å². The lowest BCUT2D eigenvalue weighted by atomic mass is 9.72. The van der Waals surface area contributed by atoms with Crippen molar-refractivity contribution in [2.75, 3.05) is 6.26 Å². The Morgan fingerprint density at radius 2 is 2.03 bits per heavy atom. The van der Waals surface area contributed by atoms with Crippen LogP contribution in [0.1, 0.15) is 44.6 Å². The third kappa shape index (κ3) is 5.76. The van der Waals surface area contributed by atoms with Crippen LogP contribution in [0.2, 0.25) is 11.8 Å². The van der Waals surface area contributed by atoms with Gasteiger partial charge in [0, 0.05) is 17.9 Å². The van der Waals surface area contributed by atoms with E-state index in [-0.39, 0.29) is 21.9 Å². The summed E-state index contributed by atoms with van der Waals surface area (Å²) in [5.41, 5.74) is 1.73. The average molecular weight is 495 g/mol. The van der Waals surface area contributed by atoms with Crippen molar-refractivity contribution in [1.29, 1.82) is 0 Å². The number of ether oxygens (including phenoxy) is 1. The van der Waals surface area contributed by atoms with Crippen LogP contribution in [0.5, 0.6) is 0 Å². The van der Waals surface area contributed by atoms with Gasteiger partial charge in [0.2, 0.25) is 7.28 Å². The minimum absolute atomic E-state index is 0.0885. The predicted octanol–water partition coefficient (Wildman–Crippen LogP) is 2.29. The number of hydrogen-bond donors (Lipinski definition) is 2. The van der Waals surface area contributed by atoms with Crippen molar-refractivity contribution in [3.8, 4) is 0 Å². The van der Waals surface area contributed by atoms with Gasteiger partial charge in [-0.15, -0.1) is 0 Å². The van der Waals surface area contributed by atoms with E-state index in [1.54, 1.807) is 6.07 Å². The molecule has 1 aliphatic carbocycles. The average Bonchev–Trinajstić information content (AvgIpc) is 2.74. The van der Waals surface area contributed by atoms with Crippen molar-refractivity contribution in [3.63, 3.8) is 0 Å². The number of hydrogen-bond acceptors (Lipinski definition) is 7. The maximum atomic E-state index is 12.0. The van der Waals surface area contributed by atoms with Crippen LogP contribution in [-0.2, 0) is 24.2 Å². The van der Waals surface area contributed by atoms with Crippen LogP contribution in [0.4, 0.5) is 4.79 Å². The molecule has 0 aromatic heterocycles. The molecule has 1 spiro atoms. The first kappa shape index (κ1) is 25.2. The van der Waals surface area contributed by atoms with Gasteiger partial charge in [-0.3, -0.25) is 4.79 Å². The molecule has 9 nitrogen and oxygen atoms in total. The molecule has 0 bridgehead atoms. The summed E-state index contributed by atoms with van der Waals surface area (Å²) in [6.07, 6.45) is 3.53. The highest BCUT2D eigenvalue weighted by Gasteiger charge is 2.47. The molecule has 2 amide bonds. The summed E-state index contributed by atoms with van der Waals surface area (Å²) in [6.45, 7) is 3.37. The van der Waals surface area contributed by atoms with Gasteiger partial charge in [-0.2, -0.15) is 5.10 Å². The molecular formula is C21H26BClN3O6S. The number of benzene rings is 1. The number of hydrazone groups is 1. The summed E-state index contributed by atoms with van der Waals surface area (Å²) >= 11 is 6.41. The Labute approximate surface area is 198 Å². The number of amides is 2. The van der Waals surface area contributed by atoms with E-state index in [2.05, 4.69) is 15.8 Å². The zero-order chi connectivity index (χ0) is 24.4. The Balaban J connectivity index is 1.75. The summed E-state index contributed by atoms with van der Waals surface area (Å²) < 4.78 is 29.4. The molecule has 0 unspecified atom stereocenters. The molecule has 1 aliphatic heterocycles. The fourth-order valence-electron chi connectivity index (χ4n) is 4.38. The van der Waals surface area contributed by atoms with E-state index in [1.807, 2.05) is 6.92 Å². The van der Waals surface area contributed by atoms with Crippen LogP contribution in [-0.4, -0.2) is 57.0 Å². The molecule has 1 aromatic carbocycles. The number of nitrogens with zero attached hydrogens (tertiary/aromatic N) is 1. The van der Waals surface area contributed by atoms with E-state index < -0.39 is 33.1 Å². The molecule has 33 heavy (non-hydrogen) atoms. The van der Waals surface area contributed by atoms with Crippen molar-refractivity contribution in [2.45, 2.75) is 62.4 Å². The van der Waals surface area contributed by atoms with Gasteiger partial charge in [0.25, 0.3) is 5.91 Å². The van der Waals surface area contributed by atoms with Crippen LogP contribution >= 0.6 is 11.6 Å². The Morgan fingerprint density at radius 1 is 1.36 bits per heavy atom. The molecule has 0 saturated heterocycles. The molecule has 1 saturated carbocycles. The smallest absolute Gasteiger partial charge is 0.428 e. The van der Waals surface area contributed by atoms with Gasteiger partial charge < -0.3 is 14.8 Å². The van der Waals surface area contributed by atoms with Crippen LogP contribution in [0.25, 0.3) is 0 Å². The van der Waals surface area contributed by atoms with Gasteiger partial charge in [-0.25, -0.2) is 18.6 Å². The number of halogens is 1. The largest absolute Gasteiger partial charge is 0.435 e. The highest BCUT2D eigenvalue weighted by atomic mass is 35.5. The minimum Gasteiger partial charge on any atom is -0.435 e. The number of rotatable bonds is 7. The van der Waals surface area contributed by atoms with Crippen molar-refractivity contribution in [1.82, 2.24) is 10.7 Å². The molecule has 2 aliphatic rings. The van der Waals surface area contributed by atoms with E-state index in [0.717, 1.165) is 6.26 Å². The molecule has 1 heterocycles. The van der Waals surface area contributed by atoms with Crippen LogP contribution in [0.3, 0.4) is 0 Å². The van der Waals surface area contributed by atoms with Gasteiger partial charge in [0.15, 0.2) is 21.1 Å². The molecular weight excluding hydrogens is 469 g/mol. The maximum absolute atomic E-state index is 12.0. The van der Waals surface area contributed by atoms with E-state index in [9.17, 15) is 22.8 Å². The van der Waals surface area contributed by atoms with Gasteiger partial charge in [0.05, 0.1) is 9.92 Å². The zero-order valence-corrected chi connectivity index (χ0v) is 20.3. The summed E-state index contributed by atoms with van der Waals surface area (Å²) in [5.74, 6) is -0.365. The number of carbonyl (C=O) groups excluding carboxylic acids is 3. The number of nitrogens with one attached hydrogen (secondary N) is 2. The maximum Gasteiger partial charge on any atom is 0.428 e. The van der Waals surface area contributed by atoms with Gasteiger partial charge in [-0.1, -0.05) is 24.5 Å².